The van der Waals surface area contributed by atoms with Crippen LogP contribution in [0.5, 0.6) is 0 Å². The lowest BCUT2D eigenvalue weighted by atomic mass is 10.5. The van der Waals surface area contributed by atoms with Crippen LogP contribution in [0, 0.1) is 4.51 Å². The molecule has 9 heavy (non-hydrogen) atoms. The van der Waals surface area contributed by atoms with E-state index in [0.717, 1.165) is 13.5 Å². The highest BCUT2D eigenvalue weighted by molar-refractivity contribution is 9.11. The molecule has 0 aromatic carbocycles. The Bertz CT molecular complexity index is 245. The van der Waals surface area contributed by atoms with E-state index in [1.54, 1.807) is 12.4 Å². The molecular weight excluding hydrogens is 266 g/mol. The van der Waals surface area contributed by atoms with Gasteiger partial charge in [0.2, 0.25) is 0 Å². The van der Waals surface area contributed by atoms with E-state index in [0.29, 0.717) is 0 Å². The summed E-state index contributed by atoms with van der Waals surface area (Å²) in [7, 11) is 0. The molecule has 0 atom stereocenters. The Labute approximate surface area is 74.7 Å². The summed E-state index contributed by atoms with van der Waals surface area (Å²) in [4.78, 5) is 2.91. The second-order valence-corrected chi connectivity index (χ2v) is 3.60. The molecule has 1 aromatic rings. The number of aromatic nitrogens is 1. The van der Waals surface area contributed by atoms with E-state index >= 15 is 0 Å². The smallest absolute Gasteiger partial charge is 0.0690 e. The van der Waals surface area contributed by atoms with E-state index in [4.69, 9.17) is 12.2 Å². The van der Waals surface area contributed by atoms with Gasteiger partial charge >= 0.3 is 0 Å². The van der Waals surface area contributed by atoms with E-state index in [2.05, 4.69) is 36.8 Å². The van der Waals surface area contributed by atoms with Crippen LogP contribution in [-0.4, -0.2) is 4.98 Å². The van der Waals surface area contributed by atoms with Gasteiger partial charge in [-0.05, 0) is 31.9 Å². The van der Waals surface area contributed by atoms with Gasteiger partial charge in [-0.25, -0.2) is 0 Å². The van der Waals surface area contributed by atoms with Gasteiger partial charge in [0, 0.05) is 12.4 Å². The Balaban J connectivity index is 3.43. The van der Waals surface area contributed by atoms with Crippen LogP contribution in [0.15, 0.2) is 21.3 Å². The van der Waals surface area contributed by atoms with Crippen molar-refractivity contribution in [1.82, 2.24) is 4.98 Å². The molecule has 0 aliphatic carbocycles. The first-order valence-corrected chi connectivity index (χ1v) is 4.23. The molecule has 0 bridgehead atoms. The fourth-order valence-corrected chi connectivity index (χ4v) is 1.51. The minimum atomic E-state index is 0.800. The average Bonchev–Trinajstić information content (AvgIpc) is 1.83. The first-order chi connectivity index (χ1) is 4.22. The largest absolute Gasteiger partial charge is 0.366 e. The van der Waals surface area contributed by atoms with Crippen LogP contribution in [0.2, 0.25) is 0 Å². The van der Waals surface area contributed by atoms with Crippen LogP contribution in [-0.2, 0) is 0 Å². The topological polar surface area (TPSA) is 15.8 Å². The summed E-state index contributed by atoms with van der Waals surface area (Å²) in [6.45, 7) is 0. The fourth-order valence-electron chi connectivity index (χ4n) is 0.433. The van der Waals surface area contributed by atoms with Gasteiger partial charge in [0.15, 0.2) is 0 Å². The monoisotopic (exact) mass is 267 g/mol. The molecule has 0 unspecified atom stereocenters. The van der Waals surface area contributed by atoms with E-state index in [9.17, 15) is 0 Å². The van der Waals surface area contributed by atoms with Crippen molar-refractivity contribution in [2.24, 2.45) is 0 Å². The molecule has 1 N–H and O–H groups in total. The average molecular weight is 269 g/mol. The summed E-state index contributed by atoms with van der Waals surface area (Å²) in [6, 6.07) is 0. The third-order valence-electron chi connectivity index (χ3n) is 0.854. The number of halogens is 2. The van der Waals surface area contributed by atoms with E-state index in [1.165, 1.54) is 0 Å². The second-order valence-electron chi connectivity index (χ2n) is 1.48. The number of pyridine rings is 1. The summed E-state index contributed by atoms with van der Waals surface area (Å²) in [5.41, 5.74) is 0. The van der Waals surface area contributed by atoms with Gasteiger partial charge in [0.25, 0.3) is 0 Å². The Morgan fingerprint density at radius 2 is 1.67 bits per heavy atom. The molecule has 4 heteroatoms. The fraction of sp³-hybridized carbons (Fsp3) is 0. The molecule has 0 spiro atoms. The predicted molar refractivity (Wildman–Crippen MR) is 47.0 cm³/mol. The molecule has 1 nitrogen and oxygen atoms in total. The normalized spacial score (nSPS) is 9.56. The molecule has 0 aliphatic heterocycles. The maximum Gasteiger partial charge on any atom is 0.0690 e. The van der Waals surface area contributed by atoms with Crippen molar-refractivity contribution in [3.8, 4) is 0 Å². The summed E-state index contributed by atoms with van der Waals surface area (Å²) < 4.78 is 2.62. The lowest BCUT2D eigenvalue weighted by Gasteiger charge is -1.90. The maximum atomic E-state index is 4.98. The van der Waals surface area contributed by atoms with Gasteiger partial charge in [0.05, 0.1) is 13.5 Å². The summed E-state index contributed by atoms with van der Waals surface area (Å²) in [5, 5.41) is 0. The van der Waals surface area contributed by atoms with Crippen LogP contribution in [0.3, 0.4) is 0 Å². The summed E-state index contributed by atoms with van der Waals surface area (Å²) in [5.74, 6) is 0. The first-order valence-electron chi connectivity index (χ1n) is 2.24. The maximum absolute atomic E-state index is 4.98. The SMILES string of the molecule is S=c1c(Br)c[nH]cc1Br. The van der Waals surface area contributed by atoms with Gasteiger partial charge < -0.3 is 4.98 Å². The van der Waals surface area contributed by atoms with Crippen LogP contribution in [0.25, 0.3) is 0 Å². The predicted octanol–water partition coefficient (Wildman–Crippen LogP) is 3.27. The van der Waals surface area contributed by atoms with Crippen molar-refractivity contribution in [2.75, 3.05) is 0 Å². The summed E-state index contributed by atoms with van der Waals surface area (Å²) >= 11 is 11.5. The molecule has 0 fully saturated rings. The number of H-pyrrole nitrogens is 1. The highest BCUT2D eigenvalue weighted by Crippen LogP contribution is 2.17. The van der Waals surface area contributed by atoms with Gasteiger partial charge in [-0.2, -0.15) is 0 Å². The molecule has 0 aliphatic rings. The minimum absolute atomic E-state index is 0.800. The van der Waals surface area contributed by atoms with Crippen molar-refractivity contribution in [1.29, 1.82) is 0 Å². The lowest BCUT2D eigenvalue weighted by molar-refractivity contribution is 1.28. The molecule has 1 rings (SSSR count). The van der Waals surface area contributed by atoms with Crippen molar-refractivity contribution in [3.63, 3.8) is 0 Å². The van der Waals surface area contributed by atoms with Gasteiger partial charge in [0.1, 0.15) is 0 Å². The Morgan fingerprint density at radius 1 is 1.22 bits per heavy atom. The molecule has 0 saturated heterocycles. The quantitative estimate of drug-likeness (QED) is 0.714. The third-order valence-corrected chi connectivity index (χ3v) is 3.07. The van der Waals surface area contributed by atoms with Gasteiger partial charge in [-0.3, -0.25) is 0 Å². The van der Waals surface area contributed by atoms with Crippen molar-refractivity contribution < 1.29 is 0 Å². The summed E-state index contributed by atoms with van der Waals surface area (Å²) in [6.07, 6.45) is 3.60. The number of rotatable bonds is 0. The van der Waals surface area contributed by atoms with Crippen LogP contribution < -0.4 is 0 Å². The molecule has 1 aromatic heterocycles. The van der Waals surface area contributed by atoms with Gasteiger partial charge in [-0.15, -0.1) is 0 Å². The van der Waals surface area contributed by atoms with E-state index < -0.39 is 0 Å². The Kier molecular flexibility index (Phi) is 2.43. The zero-order valence-corrected chi connectivity index (χ0v) is 8.31. The Hall–Kier alpha value is 0.330. The number of aromatic amines is 1. The number of hydrogen-bond donors (Lipinski definition) is 1. The van der Waals surface area contributed by atoms with Crippen LogP contribution in [0.1, 0.15) is 0 Å². The molecule has 0 radical (unpaired) electrons. The third kappa shape index (κ3) is 1.63. The molecule has 0 amide bonds. The zero-order chi connectivity index (χ0) is 6.85. The number of hydrogen-bond acceptors (Lipinski definition) is 1. The standard InChI is InChI=1S/C5H3Br2NS/c6-3-1-8-2-4(7)5(3)9/h1-2H,(H,8,9). The molecule has 48 valence electrons. The highest BCUT2D eigenvalue weighted by Gasteiger charge is 1.92. The number of nitrogens with one attached hydrogen (secondary N) is 1. The van der Waals surface area contributed by atoms with E-state index in [1.807, 2.05) is 0 Å². The van der Waals surface area contributed by atoms with E-state index in [-0.39, 0.29) is 0 Å². The van der Waals surface area contributed by atoms with Crippen molar-refractivity contribution in [2.45, 2.75) is 0 Å². The zero-order valence-electron chi connectivity index (χ0n) is 4.32. The van der Waals surface area contributed by atoms with Crippen molar-refractivity contribution >= 4 is 44.1 Å². The minimum Gasteiger partial charge on any atom is -0.366 e. The van der Waals surface area contributed by atoms with Crippen molar-refractivity contribution in [3.05, 3.63) is 25.8 Å². The van der Waals surface area contributed by atoms with Crippen LogP contribution in [0.4, 0.5) is 0 Å². The molecule has 1 heterocycles. The first kappa shape index (κ1) is 7.44. The molecule has 0 saturated carbocycles. The molecular formula is C5H3Br2NS. The van der Waals surface area contributed by atoms with Gasteiger partial charge in [-0.1, -0.05) is 12.2 Å². The van der Waals surface area contributed by atoms with Crippen LogP contribution >= 0.6 is 44.1 Å². The second kappa shape index (κ2) is 2.94. The Morgan fingerprint density at radius 3 is 2.00 bits per heavy atom. The lowest BCUT2D eigenvalue weighted by Crippen LogP contribution is -1.73. The highest BCUT2D eigenvalue weighted by atomic mass is 79.9.